The standard InChI is InChI=1S/C25H26BrN3O6S3/c1-3-34-21(32)11-29-16-9-8-14(26)10-18(16)38-25(29)28-20(31)13-36-12-19(30)27-23-22(24(33)35-4-2)15-6-5-7-17(15)37-23/h8-10H,3-7,11-13H2,1-2H3,(H,27,30). The molecule has 13 heteroatoms. The van der Waals surface area contributed by atoms with Crippen molar-refractivity contribution in [3.8, 4) is 0 Å². The second-order valence-corrected chi connectivity index (χ2v) is 12.2. The first-order valence-electron chi connectivity index (χ1n) is 12.0. The molecule has 1 aromatic carbocycles. The smallest absolute Gasteiger partial charge is 0.341 e. The molecule has 0 saturated heterocycles. The highest BCUT2D eigenvalue weighted by molar-refractivity contribution is 9.10. The Bertz CT molecular complexity index is 1460. The summed E-state index contributed by atoms with van der Waals surface area (Å²) in [5, 5.41) is 3.33. The molecule has 202 valence electrons. The minimum Gasteiger partial charge on any atom is -0.465 e. The van der Waals surface area contributed by atoms with E-state index in [1.165, 1.54) is 22.7 Å². The number of anilines is 1. The molecule has 2 heterocycles. The van der Waals surface area contributed by atoms with E-state index in [9.17, 15) is 19.2 Å². The van der Waals surface area contributed by atoms with Gasteiger partial charge in [-0.25, -0.2) is 4.79 Å². The van der Waals surface area contributed by atoms with E-state index >= 15 is 0 Å². The Morgan fingerprint density at radius 1 is 1.11 bits per heavy atom. The van der Waals surface area contributed by atoms with Crippen LogP contribution >= 0.6 is 50.4 Å². The lowest BCUT2D eigenvalue weighted by Gasteiger charge is -2.07. The van der Waals surface area contributed by atoms with E-state index in [-0.39, 0.29) is 37.2 Å². The summed E-state index contributed by atoms with van der Waals surface area (Å²) in [6, 6.07) is 5.60. The first kappa shape index (κ1) is 28.5. The molecule has 0 spiro atoms. The molecule has 0 atom stereocenters. The van der Waals surface area contributed by atoms with Crippen molar-refractivity contribution in [3.63, 3.8) is 0 Å². The van der Waals surface area contributed by atoms with Crippen molar-refractivity contribution in [1.29, 1.82) is 0 Å². The highest BCUT2D eigenvalue weighted by Crippen LogP contribution is 2.39. The van der Waals surface area contributed by atoms with Crippen LogP contribution < -0.4 is 10.1 Å². The number of fused-ring (bicyclic) bond motifs is 2. The number of thiazole rings is 1. The van der Waals surface area contributed by atoms with Gasteiger partial charge in [0, 0.05) is 9.35 Å². The number of benzene rings is 1. The molecule has 0 fully saturated rings. The van der Waals surface area contributed by atoms with Gasteiger partial charge in [0.15, 0.2) is 4.80 Å². The predicted octanol–water partition coefficient (Wildman–Crippen LogP) is 4.55. The number of rotatable bonds is 10. The molecule has 0 bridgehead atoms. The van der Waals surface area contributed by atoms with Gasteiger partial charge >= 0.3 is 11.9 Å². The molecular formula is C25H26BrN3O6S3. The Morgan fingerprint density at radius 3 is 2.66 bits per heavy atom. The maximum atomic E-state index is 12.7. The summed E-state index contributed by atoms with van der Waals surface area (Å²) in [6.07, 6.45) is 2.67. The number of aryl methyl sites for hydroxylation is 1. The topological polar surface area (TPSA) is 116 Å². The van der Waals surface area contributed by atoms with Crippen LogP contribution in [0, 0.1) is 0 Å². The summed E-state index contributed by atoms with van der Waals surface area (Å²) in [6.45, 7) is 3.93. The van der Waals surface area contributed by atoms with Gasteiger partial charge < -0.3 is 19.4 Å². The van der Waals surface area contributed by atoms with Gasteiger partial charge in [0.05, 0.1) is 40.5 Å². The third kappa shape index (κ3) is 6.74. The van der Waals surface area contributed by atoms with Gasteiger partial charge in [-0.15, -0.1) is 23.1 Å². The Morgan fingerprint density at radius 2 is 1.89 bits per heavy atom. The van der Waals surface area contributed by atoms with E-state index in [1.807, 2.05) is 18.2 Å². The largest absolute Gasteiger partial charge is 0.465 e. The first-order chi connectivity index (χ1) is 18.3. The average molecular weight is 641 g/mol. The molecule has 3 aromatic rings. The van der Waals surface area contributed by atoms with Crippen molar-refractivity contribution in [2.24, 2.45) is 4.99 Å². The first-order valence-corrected chi connectivity index (χ1v) is 15.6. The van der Waals surface area contributed by atoms with E-state index < -0.39 is 17.8 Å². The molecule has 0 aliphatic heterocycles. The number of nitrogens with one attached hydrogen (secondary N) is 1. The summed E-state index contributed by atoms with van der Waals surface area (Å²) in [5.74, 6) is -1.57. The second kappa shape index (κ2) is 13.0. The van der Waals surface area contributed by atoms with Gasteiger partial charge in [-0.2, -0.15) is 4.99 Å². The summed E-state index contributed by atoms with van der Waals surface area (Å²) in [5.41, 5.74) is 2.19. The fraction of sp³-hybridized carbons (Fsp3) is 0.400. The number of hydrogen-bond acceptors (Lipinski definition) is 9. The highest BCUT2D eigenvalue weighted by Gasteiger charge is 2.28. The van der Waals surface area contributed by atoms with Crippen LogP contribution in [-0.4, -0.2) is 53.0 Å². The van der Waals surface area contributed by atoms with Crippen LogP contribution in [0.4, 0.5) is 5.00 Å². The Balaban J connectivity index is 1.42. The molecule has 0 unspecified atom stereocenters. The number of nitrogens with zero attached hydrogens (tertiary/aromatic N) is 2. The van der Waals surface area contributed by atoms with Gasteiger partial charge in [-0.05, 0) is 56.9 Å². The lowest BCUT2D eigenvalue weighted by Crippen LogP contribution is -2.23. The van der Waals surface area contributed by atoms with Crippen LogP contribution in [0.15, 0.2) is 27.7 Å². The zero-order valence-electron chi connectivity index (χ0n) is 20.8. The molecule has 0 saturated carbocycles. The third-order valence-corrected chi connectivity index (χ3v) is 9.23. The van der Waals surface area contributed by atoms with Crippen LogP contribution in [-0.2, 0) is 43.2 Å². The zero-order chi connectivity index (χ0) is 27.2. The minimum absolute atomic E-state index is 0.0174. The Hall–Kier alpha value is -2.48. The number of halogens is 1. The van der Waals surface area contributed by atoms with Crippen molar-refractivity contribution in [2.45, 2.75) is 39.7 Å². The normalized spacial score (nSPS) is 13.0. The third-order valence-electron chi connectivity index (χ3n) is 5.57. The minimum atomic E-state index is -0.423. The van der Waals surface area contributed by atoms with Crippen LogP contribution in [0.2, 0.25) is 0 Å². The zero-order valence-corrected chi connectivity index (χ0v) is 24.9. The van der Waals surface area contributed by atoms with Crippen molar-refractivity contribution >= 4 is 89.3 Å². The van der Waals surface area contributed by atoms with Crippen LogP contribution in [0.3, 0.4) is 0 Å². The number of aromatic nitrogens is 1. The fourth-order valence-electron chi connectivity index (χ4n) is 4.07. The molecule has 1 N–H and O–H groups in total. The Labute approximate surface area is 239 Å². The molecule has 1 aliphatic carbocycles. The number of ether oxygens (including phenoxy) is 2. The highest BCUT2D eigenvalue weighted by atomic mass is 79.9. The van der Waals surface area contributed by atoms with Gasteiger partial charge in [-0.1, -0.05) is 27.3 Å². The van der Waals surface area contributed by atoms with Crippen molar-refractivity contribution in [1.82, 2.24) is 4.57 Å². The number of thioether (sulfide) groups is 1. The average Bonchev–Trinajstić information content (AvgIpc) is 3.52. The van der Waals surface area contributed by atoms with Gasteiger partial charge in [-0.3, -0.25) is 14.4 Å². The summed E-state index contributed by atoms with van der Waals surface area (Å²) < 4.78 is 13.7. The van der Waals surface area contributed by atoms with Crippen molar-refractivity contribution < 1.29 is 28.7 Å². The molecule has 9 nitrogen and oxygen atoms in total. The van der Waals surface area contributed by atoms with E-state index in [2.05, 4.69) is 26.2 Å². The van der Waals surface area contributed by atoms with E-state index in [0.717, 1.165) is 56.2 Å². The number of carbonyl (C=O) groups is 4. The fourth-order valence-corrected chi connectivity index (χ4v) is 7.56. The summed E-state index contributed by atoms with van der Waals surface area (Å²) >= 11 is 7.28. The molecule has 0 radical (unpaired) electrons. The summed E-state index contributed by atoms with van der Waals surface area (Å²) in [4.78, 5) is 55.6. The molecule has 38 heavy (non-hydrogen) atoms. The molecule has 1 aliphatic rings. The van der Waals surface area contributed by atoms with Gasteiger partial charge in [0.25, 0.3) is 5.91 Å². The number of thiophene rings is 1. The molecule has 2 aromatic heterocycles. The quantitative estimate of drug-likeness (QED) is 0.323. The monoisotopic (exact) mass is 639 g/mol. The van der Waals surface area contributed by atoms with Crippen molar-refractivity contribution in [3.05, 3.63) is 43.5 Å². The lowest BCUT2D eigenvalue weighted by molar-refractivity contribution is -0.143. The van der Waals surface area contributed by atoms with E-state index in [0.29, 0.717) is 15.4 Å². The van der Waals surface area contributed by atoms with Crippen molar-refractivity contribution in [2.75, 3.05) is 30.0 Å². The Kier molecular flexibility index (Phi) is 9.80. The SMILES string of the molecule is CCOC(=O)Cn1c(=NC(=O)CSCC(=O)Nc2sc3c(c2C(=O)OCC)CCC3)sc2cc(Br)ccc21. The van der Waals surface area contributed by atoms with Gasteiger partial charge in [0.2, 0.25) is 5.91 Å². The number of hydrogen-bond donors (Lipinski definition) is 1. The van der Waals surface area contributed by atoms with Gasteiger partial charge in [0.1, 0.15) is 11.5 Å². The number of amides is 2. The van der Waals surface area contributed by atoms with E-state index in [4.69, 9.17) is 9.47 Å². The summed E-state index contributed by atoms with van der Waals surface area (Å²) in [7, 11) is 0. The van der Waals surface area contributed by atoms with Crippen LogP contribution in [0.5, 0.6) is 0 Å². The number of carbonyl (C=O) groups excluding carboxylic acids is 4. The van der Waals surface area contributed by atoms with Crippen LogP contribution in [0.25, 0.3) is 10.2 Å². The maximum Gasteiger partial charge on any atom is 0.341 e. The second-order valence-electron chi connectivity index (χ2n) is 8.22. The lowest BCUT2D eigenvalue weighted by atomic mass is 10.1. The number of esters is 2. The maximum absolute atomic E-state index is 12.7. The predicted molar refractivity (Wildman–Crippen MR) is 153 cm³/mol. The molecule has 2 amide bonds. The van der Waals surface area contributed by atoms with E-state index in [1.54, 1.807) is 18.4 Å². The molecular weight excluding hydrogens is 614 g/mol. The van der Waals surface area contributed by atoms with Crippen LogP contribution in [0.1, 0.15) is 41.1 Å². The molecule has 4 rings (SSSR count).